The van der Waals surface area contributed by atoms with Crippen molar-refractivity contribution in [1.29, 1.82) is 0 Å². The molecule has 0 radical (unpaired) electrons. The predicted octanol–water partition coefficient (Wildman–Crippen LogP) is 7.14. The molecule has 0 unspecified atom stereocenters. The monoisotopic (exact) mass is 483 g/mol. The molecular weight excluding hydrogens is 450 g/mol. The number of fused-ring (bicyclic) bond motifs is 3. The van der Waals surface area contributed by atoms with E-state index < -0.39 is 0 Å². The minimum atomic E-state index is -0.279. The SMILES string of the molecule is CCCC(=O)Oc1ccc([C@H]2C3=C(CC(C)(C)CC3=O)Nc3ccc4ccccc4c32)cc1OCC. The van der Waals surface area contributed by atoms with Gasteiger partial charge in [-0.1, -0.05) is 57.2 Å². The van der Waals surface area contributed by atoms with Crippen LogP contribution in [0.5, 0.6) is 11.5 Å². The van der Waals surface area contributed by atoms with Crippen LogP contribution in [0.3, 0.4) is 0 Å². The Morgan fingerprint density at radius 2 is 1.83 bits per heavy atom. The number of nitrogens with one attached hydrogen (secondary N) is 1. The summed E-state index contributed by atoms with van der Waals surface area (Å²) in [4.78, 5) is 25.9. The summed E-state index contributed by atoms with van der Waals surface area (Å²) in [5.74, 6) is 0.584. The van der Waals surface area contributed by atoms with Crippen LogP contribution < -0.4 is 14.8 Å². The van der Waals surface area contributed by atoms with E-state index in [1.54, 1.807) is 6.07 Å². The summed E-state index contributed by atoms with van der Waals surface area (Å²) in [6.07, 6.45) is 2.38. The first kappa shape index (κ1) is 24.1. The molecule has 0 bridgehead atoms. The highest BCUT2D eigenvalue weighted by Gasteiger charge is 2.41. The Labute approximate surface area is 212 Å². The topological polar surface area (TPSA) is 64.6 Å². The standard InChI is InChI=1S/C31H33NO4/c1-5-9-27(34)36-25-15-13-20(16-26(25)35-6-2)28-29-21-11-8-7-10-19(21)12-14-22(29)32-23-17-31(3,4)18-24(33)30(23)28/h7-8,10-16,28,32H,5-6,9,17-18H2,1-4H3/t28-/m1/s1. The van der Waals surface area contributed by atoms with Crippen molar-refractivity contribution in [1.82, 2.24) is 0 Å². The number of hydrogen-bond acceptors (Lipinski definition) is 5. The van der Waals surface area contributed by atoms with Gasteiger partial charge < -0.3 is 14.8 Å². The molecule has 5 nitrogen and oxygen atoms in total. The van der Waals surface area contributed by atoms with Crippen molar-refractivity contribution in [2.75, 3.05) is 11.9 Å². The molecule has 5 heteroatoms. The van der Waals surface area contributed by atoms with Crippen molar-refractivity contribution in [3.63, 3.8) is 0 Å². The van der Waals surface area contributed by atoms with Gasteiger partial charge in [-0.05, 0) is 65.3 Å². The summed E-state index contributed by atoms with van der Waals surface area (Å²) in [6, 6.07) is 18.3. The Morgan fingerprint density at radius 1 is 1.03 bits per heavy atom. The average Bonchev–Trinajstić information content (AvgIpc) is 2.83. The van der Waals surface area contributed by atoms with Gasteiger partial charge in [0.2, 0.25) is 0 Å². The van der Waals surface area contributed by atoms with E-state index in [2.05, 4.69) is 43.4 Å². The van der Waals surface area contributed by atoms with Gasteiger partial charge in [-0.3, -0.25) is 9.59 Å². The lowest BCUT2D eigenvalue weighted by molar-refractivity contribution is -0.134. The third-order valence-electron chi connectivity index (χ3n) is 7.03. The van der Waals surface area contributed by atoms with Gasteiger partial charge >= 0.3 is 5.97 Å². The number of ketones is 1. The van der Waals surface area contributed by atoms with Crippen molar-refractivity contribution in [2.45, 2.75) is 59.3 Å². The third kappa shape index (κ3) is 4.39. The van der Waals surface area contributed by atoms with Crippen LogP contribution in [0.1, 0.15) is 70.4 Å². The quantitative estimate of drug-likeness (QED) is 0.298. The first-order valence-electron chi connectivity index (χ1n) is 12.8. The zero-order valence-electron chi connectivity index (χ0n) is 21.4. The van der Waals surface area contributed by atoms with Gasteiger partial charge in [-0.15, -0.1) is 0 Å². The van der Waals surface area contributed by atoms with Crippen LogP contribution in [0.4, 0.5) is 5.69 Å². The number of hydrogen-bond donors (Lipinski definition) is 1. The fourth-order valence-corrected chi connectivity index (χ4v) is 5.57. The van der Waals surface area contributed by atoms with Gasteiger partial charge in [0.25, 0.3) is 0 Å². The van der Waals surface area contributed by atoms with Gasteiger partial charge in [0.1, 0.15) is 0 Å². The fraction of sp³-hybridized carbons (Fsp3) is 0.355. The molecule has 0 saturated carbocycles. The highest BCUT2D eigenvalue weighted by Crippen LogP contribution is 2.51. The Balaban J connectivity index is 1.71. The first-order chi connectivity index (χ1) is 17.3. The summed E-state index contributed by atoms with van der Waals surface area (Å²) in [7, 11) is 0. The summed E-state index contributed by atoms with van der Waals surface area (Å²) in [6.45, 7) is 8.59. The molecule has 0 spiro atoms. The molecule has 1 heterocycles. The van der Waals surface area contributed by atoms with Crippen LogP contribution in [-0.4, -0.2) is 18.4 Å². The van der Waals surface area contributed by atoms with E-state index in [0.717, 1.165) is 51.7 Å². The Morgan fingerprint density at radius 3 is 2.61 bits per heavy atom. The summed E-state index contributed by atoms with van der Waals surface area (Å²) >= 11 is 0. The van der Waals surface area contributed by atoms with Gasteiger partial charge in [-0.2, -0.15) is 0 Å². The van der Waals surface area contributed by atoms with Crippen LogP contribution in [0.25, 0.3) is 10.8 Å². The van der Waals surface area contributed by atoms with Gasteiger partial charge in [0.05, 0.1) is 6.61 Å². The van der Waals surface area contributed by atoms with Crippen LogP contribution in [0.15, 0.2) is 65.9 Å². The maximum Gasteiger partial charge on any atom is 0.311 e. The molecule has 3 aromatic carbocycles. The Bertz CT molecular complexity index is 1380. The van der Waals surface area contributed by atoms with Crippen molar-refractivity contribution >= 4 is 28.2 Å². The van der Waals surface area contributed by atoms with Gasteiger partial charge in [0.15, 0.2) is 17.3 Å². The lowest BCUT2D eigenvalue weighted by Gasteiger charge is -2.40. The second-order valence-corrected chi connectivity index (χ2v) is 10.5. The molecule has 36 heavy (non-hydrogen) atoms. The lowest BCUT2D eigenvalue weighted by atomic mass is 9.68. The fourth-order valence-electron chi connectivity index (χ4n) is 5.57. The van der Waals surface area contributed by atoms with E-state index in [9.17, 15) is 9.59 Å². The predicted molar refractivity (Wildman–Crippen MR) is 143 cm³/mol. The minimum absolute atomic E-state index is 0.102. The first-order valence-corrected chi connectivity index (χ1v) is 12.8. The molecule has 5 rings (SSSR count). The van der Waals surface area contributed by atoms with Crippen molar-refractivity contribution in [3.05, 3.63) is 77.0 Å². The number of carbonyl (C=O) groups excluding carboxylic acids is 2. The molecule has 1 N–H and O–H groups in total. The molecule has 0 saturated heterocycles. The van der Waals surface area contributed by atoms with Gasteiger partial charge in [-0.25, -0.2) is 0 Å². The number of rotatable bonds is 6. The maximum absolute atomic E-state index is 13.7. The Kier molecular flexibility index (Phi) is 6.33. The number of anilines is 1. The summed E-state index contributed by atoms with van der Waals surface area (Å²) < 4.78 is 11.5. The molecular formula is C31H33NO4. The lowest BCUT2D eigenvalue weighted by Crippen LogP contribution is -2.33. The maximum atomic E-state index is 13.7. The summed E-state index contributed by atoms with van der Waals surface area (Å²) in [5.41, 5.74) is 4.80. The molecule has 0 amide bonds. The number of carbonyl (C=O) groups is 2. The van der Waals surface area contributed by atoms with E-state index in [0.29, 0.717) is 30.9 Å². The highest BCUT2D eigenvalue weighted by molar-refractivity contribution is 6.04. The van der Waals surface area contributed by atoms with Crippen molar-refractivity contribution < 1.29 is 19.1 Å². The molecule has 1 aliphatic carbocycles. The van der Waals surface area contributed by atoms with E-state index in [4.69, 9.17) is 9.47 Å². The van der Waals surface area contributed by atoms with Gasteiger partial charge in [0, 0.05) is 35.7 Å². The van der Waals surface area contributed by atoms with Crippen LogP contribution in [0, 0.1) is 5.41 Å². The largest absolute Gasteiger partial charge is 0.490 e. The minimum Gasteiger partial charge on any atom is -0.490 e. The third-order valence-corrected chi connectivity index (χ3v) is 7.03. The van der Waals surface area contributed by atoms with E-state index >= 15 is 0 Å². The average molecular weight is 484 g/mol. The molecule has 3 aromatic rings. The van der Waals surface area contributed by atoms with Crippen molar-refractivity contribution in [2.24, 2.45) is 5.41 Å². The normalized spacial score (nSPS) is 18.3. The zero-order valence-corrected chi connectivity index (χ0v) is 21.4. The Hall–Kier alpha value is -3.60. The number of esters is 1. The molecule has 1 aliphatic heterocycles. The number of ether oxygens (including phenoxy) is 2. The van der Waals surface area contributed by atoms with Crippen LogP contribution >= 0.6 is 0 Å². The zero-order chi connectivity index (χ0) is 25.4. The number of Topliss-reactive ketones (excluding diaryl/α,β-unsaturated/α-hetero) is 1. The van der Waals surface area contributed by atoms with Crippen LogP contribution in [0.2, 0.25) is 0 Å². The van der Waals surface area contributed by atoms with Crippen LogP contribution in [-0.2, 0) is 9.59 Å². The summed E-state index contributed by atoms with van der Waals surface area (Å²) in [5, 5.41) is 5.88. The highest BCUT2D eigenvalue weighted by atomic mass is 16.6. The van der Waals surface area contributed by atoms with E-state index in [1.807, 2.05) is 38.1 Å². The molecule has 0 fully saturated rings. The number of allylic oxidation sites excluding steroid dienone is 2. The smallest absolute Gasteiger partial charge is 0.311 e. The number of benzene rings is 3. The molecule has 1 atom stereocenters. The second-order valence-electron chi connectivity index (χ2n) is 10.5. The molecule has 186 valence electrons. The second kappa shape index (κ2) is 9.45. The van der Waals surface area contributed by atoms with Crippen molar-refractivity contribution in [3.8, 4) is 11.5 Å². The van der Waals surface area contributed by atoms with E-state index in [1.165, 1.54) is 0 Å². The molecule has 0 aromatic heterocycles. The van der Waals surface area contributed by atoms with E-state index in [-0.39, 0.29) is 23.1 Å². The molecule has 2 aliphatic rings.